The molecule has 0 aliphatic rings. The van der Waals surface area contributed by atoms with Crippen molar-refractivity contribution < 1.29 is 0 Å². The van der Waals surface area contributed by atoms with E-state index in [1.54, 1.807) is 0 Å². The van der Waals surface area contributed by atoms with Gasteiger partial charge in [-0.2, -0.15) is 0 Å². The number of benzene rings is 8. The van der Waals surface area contributed by atoms with E-state index in [0.29, 0.717) is 0 Å². The Kier molecular flexibility index (Phi) is 5.54. The Morgan fingerprint density at radius 2 is 0.932 bits per heavy atom. The summed E-state index contributed by atoms with van der Waals surface area (Å²) in [5.41, 5.74) is 6.39. The van der Waals surface area contributed by atoms with E-state index in [2.05, 4.69) is 152 Å². The molecule has 0 amide bonds. The third-order valence-corrected chi connectivity index (χ3v) is 8.86. The minimum Gasteiger partial charge on any atom is -0.228 e. The molecule has 8 aromatic carbocycles. The fraction of sp³-hybridized carbons (Fsp3) is 0. The molecule has 0 bridgehead atoms. The van der Waals surface area contributed by atoms with Crippen molar-refractivity contribution in [2.75, 3.05) is 0 Å². The van der Waals surface area contributed by atoms with Gasteiger partial charge >= 0.3 is 0 Å². The Hall–Kier alpha value is -5.86. The maximum absolute atomic E-state index is 5.32. The second-order valence-corrected chi connectivity index (χ2v) is 11.4. The van der Waals surface area contributed by atoms with Gasteiger partial charge in [-0.1, -0.05) is 152 Å². The van der Waals surface area contributed by atoms with Gasteiger partial charge in [0.05, 0.1) is 11.2 Å². The van der Waals surface area contributed by atoms with E-state index in [-0.39, 0.29) is 0 Å². The molecule has 9 rings (SSSR count). The van der Waals surface area contributed by atoms with Crippen LogP contribution in [-0.2, 0) is 0 Å². The summed E-state index contributed by atoms with van der Waals surface area (Å²) in [5, 5.41) is 10.9. The van der Waals surface area contributed by atoms with E-state index in [0.717, 1.165) is 33.5 Å². The average molecular weight is 559 g/mol. The zero-order valence-corrected chi connectivity index (χ0v) is 23.9. The molecule has 0 aliphatic carbocycles. The van der Waals surface area contributed by atoms with Gasteiger partial charge in [-0.25, -0.2) is 9.97 Å². The lowest BCUT2D eigenvalue weighted by Crippen LogP contribution is -1.96. The summed E-state index contributed by atoms with van der Waals surface area (Å²) >= 11 is 0. The highest BCUT2D eigenvalue weighted by atomic mass is 14.9. The van der Waals surface area contributed by atoms with Crippen LogP contribution in [0.25, 0.3) is 87.8 Å². The SMILES string of the molecule is c1ccc(-c2ccc(-c3nc(-c4cccc5ccc6ccc7c8ccccc8ccc7c6c45)nc4ccccc34)cc2)cc1. The first-order valence-corrected chi connectivity index (χ1v) is 15.0. The van der Waals surface area contributed by atoms with E-state index >= 15 is 0 Å². The molecule has 2 heteroatoms. The molecule has 0 N–H and O–H groups in total. The summed E-state index contributed by atoms with van der Waals surface area (Å²) in [6, 6.07) is 56.1. The molecule has 0 saturated heterocycles. The van der Waals surface area contributed by atoms with Crippen LogP contribution in [0.3, 0.4) is 0 Å². The number of fused-ring (bicyclic) bond motifs is 8. The average Bonchev–Trinajstić information content (AvgIpc) is 3.10. The molecule has 0 aliphatic heterocycles. The van der Waals surface area contributed by atoms with Crippen molar-refractivity contribution in [3.63, 3.8) is 0 Å². The lowest BCUT2D eigenvalue weighted by atomic mass is 9.91. The number of hydrogen-bond donors (Lipinski definition) is 0. The van der Waals surface area contributed by atoms with Crippen molar-refractivity contribution in [1.82, 2.24) is 9.97 Å². The summed E-state index contributed by atoms with van der Waals surface area (Å²) < 4.78 is 0. The van der Waals surface area contributed by atoms with E-state index in [4.69, 9.17) is 9.97 Å². The van der Waals surface area contributed by atoms with Crippen molar-refractivity contribution in [3.05, 3.63) is 158 Å². The first-order chi connectivity index (χ1) is 21.8. The smallest absolute Gasteiger partial charge is 0.161 e. The van der Waals surface area contributed by atoms with E-state index in [1.807, 2.05) is 6.07 Å². The molecule has 0 spiro atoms. The van der Waals surface area contributed by atoms with Crippen molar-refractivity contribution in [3.8, 4) is 33.8 Å². The zero-order valence-electron chi connectivity index (χ0n) is 23.9. The predicted molar refractivity (Wildman–Crippen MR) is 186 cm³/mol. The van der Waals surface area contributed by atoms with Crippen LogP contribution in [0.5, 0.6) is 0 Å². The van der Waals surface area contributed by atoms with Gasteiger partial charge in [-0.15, -0.1) is 0 Å². The molecule has 204 valence electrons. The second-order valence-electron chi connectivity index (χ2n) is 11.4. The second kappa shape index (κ2) is 9.86. The van der Waals surface area contributed by atoms with Gasteiger partial charge in [0.1, 0.15) is 0 Å². The molecule has 0 unspecified atom stereocenters. The van der Waals surface area contributed by atoms with Crippen LogP contribution in [0.15, 0.2) is 158 Å². The monoisotopic (exact) mass is 558 g/mol. The van der Waals surface area contributed by atoms with E-state index in [1.165, 1.54) is 54.2 Å². The van der Waals surface area contributed by atoms with Gasteiger partial charge in [0.2, 0.25) is 0 Å². The largest absolute Gasteiger partial charge is 0.228 e. The summed E-state index contributed by atoms with van der Waals surface area (Å²) in [6.07, 6.45) is 0. The molecular formula is C42H26N2. The Morgan fingerprint density at radius 3 is 1.80 bits per heavy atom. The topological polar surface area (TPSA) is 25.8 Å². The Balaban J connectivity index is 1.32. The summed E-state index contributed by atoms with van der Waals surface area (Å²) in [6.45, 7) is 0. The van der Waals surface area contributed by atoms with E-state index in [9.17, 15) is 0 Å². The van der Waals surface area contributed by atoms with Gasteiger partial charge < -0.3 is 0 Å². The highest BCUT2D eigenvalue weighted by Crippen LogP contribution is 2.40. The minimum atomic E-state index is 0.738. The molecule has 1 heterocycles. The lowest BCUT2D eigenvalue weighted by Gasteiger charge is -2.15. The molecule has 0 atom stereocenters. The number of para-hydroxylation sites is 1. The standard InChI is InChI=1S/C42H26N2/c1-2-9-27(10-3-1)28-17-21-32(22-18-28)41-36-14-6-7-16-38(36)43-42(44-41)37-15-8-12-30-19-20-31-24-25-34-33-13-5-4-11-29(33)23-26-35(34)39(31)40(30)37/h1-26H. The Labute approximate surface area is 254 Å². The molecule has 1 aromatic heterocycles. The van der Waals surface area contributed by atoms with Crippen LogP contribution in [0, 0.1) is 0 Å². The number of aromatic nitrogens is 2. The third-order valence-electron chi connectivity index (χ3n) is 8.86. The fourth-order valence-corrected chi connectivity index (χ4v) is 6.75. The van der Waals surface area contributed by atoms with Crippen LogP contribution in [0.2, 0.25) is 0 Å². The molecule has 0 radical (unpaired) electrons. The highest BCUT2D eigenvalue weighted by molar-refractivity contribution is 6.27. The predicted octanol–water partition coefficient (Wildman–Crippen LogP) is 11.2. The number of rotatable bonds is 3. The number of hydrogen-bond acceptors (Lipinski definition) is 2. The van der Waals surface area contributed by atoms with Gasteiger partial charge in [0.15, 0.2) is 5.82 Å². The third kappa shape index (κ3) is 3.89. The summed E-state index contributed by atoms with van der Waals surface area (Å²) in [4.78, 5) is 10.5. The highest BCUT2D eigenvalue weighted by Gasteiger charge is 2.16. The summed E-state index contributed by atoms with van der Waals surface area (Å²) in [5.74, 6) is 0.738. The van der Waals surface area contributed by atoms with Crippen LogP contribution in [0.1, 0.15) is 0 Å². The maximum atomic E-state index is 5.32. The molecule has 2 nitrogen and oxygen atoms in total. The number of nitrogens with zero attached hydrogens (tertiary/aromatic N) is 2. The van der Waals surface area contributed by atoms with Gasteiger partial charge in [0, 0.05) is 21.9 Å². The maximum Gasteiger partial charge on any atom is 0.161 e. The zero-order chi connectivity index (χ0) is 29.0. The first kappa shape index (κ1) is 24.7. The van der Waals surface area contributed by atoms with Crippen molar-refractivity contribution in [1.29, 1.82) is 0 Å². The molecule has 0 fully saturated rings. The minimum absolute atomic E-state index is 0.738. The molecular weight excluding hydrogens is 532 g/mol. The van der Waals surface area contributed by atoms with E-state index < -0.39 is 0 Å². The van der Waals surface area contributed by atoms with Crippen LogP contribution in [0.4, 0.5) is 0 Å². The van der Waals surface area contributed by atoms with Gasteiger partial charge in [-0.05, 0) is 54.9 Å². The molecule has 9 aromatic rings. The van der Waals surface area contributed by atoms with Crippen molar-refractivity contribution >= 4 is 54.0 Å². The lowest BCUT2D eigenvalue weighted by molar-refractivity contribution is 1.23. The van der Waals surface area contributed by atoms with Crippen LogP contribution >= 0.6 is 0 Å². The first-order valence-electron chi connectivity index (χ1n) is 15.0. The van der Waals surface area contributed by atoms with Crippen molar-refractivity contribution in [2.24, 2.45) is 0 Å². The normalized spacial score (nSPS) is 11.6. The molecule has 44 heavy (non-hydrogen) atoms. The Morgan fingerprint density at radius 1 is 0.318 bits per heavy atom. The molecule has 0 saturated carbocycles. The van der Waals surface area contributed by atoms with Crippen molar-refractivity contribution in [2.45, 2.75) is 0 Å². The fourth-order valence-electron chi connectivity index (χ4n) is 6.75. The Bertz CT molecular complexity index is 2530. The van der Waals surface area contributed by atoms with Crippen LogP contribution in [-0.4, -0.2) is 9.97 Å². The van der Waals surface area contributed by atoms with Gasteiger partial charge in [-0.3, -0.25) is 0 Å². The summed E-state index contributed by atoms with van der Waals surface area (Å²) in [7, 11) is 0. The quantitative estimate of drug-likeness (QED) is 0.202. The van der Waals surface area contributed by atoms with Gasteiger partial charge in [0.25, 0.3) is 0 Å². The van der Waals surface area contributed by atoms with Crippen LogP contribution < -0.4 is 0 Å².